The minimum Gasteiger partial charge on any atom is -0.469 e. The SMILES string of the molecule is CCCc1ccc(C(CCc2ccco2)NCC)cc1. The van der Waals surface area contributed by atoms with Crippen molar-refractivity contribution in [2.45, 2.75) is 45.6 Å². The second-order valence-corrected chi connectivity index (χ2v) is 5.22. The number of nitrogens with one attached hydrogen (secondary N) is 1. The Bertz CT molecular complexity index is 473. The number of rotatable bonds is 8. The first-order chi connectivity index (χ1) is 9.83. The molecule has 1 heterocycles. The summed E-state index contributed by atoms with van der Waals surface area (Å²) >= 11 is 0. The van der Waals surface area contributed by atoms with E-state index in [9.17, 15) is 0 Å². The van der Waals surface area contributed by atoms with Crippen molar-refractivity contribution in [3.63, 3.8) is 0 Å². The van der Waals surface area contributed by atoms with Crippen LogP contribution in [0.5, 0.6) is 0 Å². The van der Waals surface area contributed by atoms with Crippen molar-refractivity contribution in [1.29, 1.82) is 0 Å². The molecule has 2 nitrogen and oxygen atoms in total. The minimum atomic E-state index is 0.403. The topological polar surface area (TPSA) is 25.2 Å². The normalized spacial score (nSPS) is 12.5. The Hall–Kier alpha value is -1.54. The van der Waals surface area contributed by atoms with Crippen LogP contribution in [0.2, 0.25) is 0 Å². The molecule has 108 valence electrons. The molecule has 0 aliphatic carbocycles. The molecule has 0 bridgehead atoms. The molecule has 0 radical (unpaired) electrons. The van der Waals surface area contributed by atoms with Gasteiger partial charge < -0.3 is 9.73 Å². The molecule has 1 N–H and O–H groups in total. The molecule has 2 aromatic rings. The highest BCUT2D eigenvalue weighted by Crippen LogP contribution is 2.20. The average molecular weight is 271 g/mol. The highest BCUT2D eigenvalue weighted by Gasteiger charge is 2.11. The fraction of sp³-hybridized carbons (Fsp3) is 0.444. The molecule has 20 heavy (non-hydrogen) atoms. The third-order valence-corrected chi connectivity index (χ3v) is 3.63. The van der Waals surface area contributed by atoms with Crippen molar-refractivity contribution < 1.29 is 4.42 Å². The van der Waals surface area contributed by atoms with Crippen LogP contribution in [0.1, 0.15) is 49.6 Å². The van der Waals surface area contributed by atoms with Crippen LogP contribution in [0.3, 0.4) is 0 Å². The van der Waals surface area contributed by atoms with Crippen molar-refractivity contribution in [3.8, 4) is 0 Å². The largest absolute Gasteiger partial charge is 0.469 e. The summed E-state index contributed by atoms with van der Waals surface area (Å²) < 4.78 is 5.42. The molecule has 1 unspecified atom stereocenters. The maximum atomic E-state index is 5.42. The predicted molar refractivity (Wildman–Crippen MR) is 83.9 cm³/mol. The molecule has 2 rings (SSSR count). The fourth-order valence-corrected chi connectivity index (χ4v) is 2.58. The van der Waals surface area contributed by atoms with Gasteiger partial charge in [0.25, 0.3) is 0 Å². The Balaban J connectivity index is 1.99. The fourth-order valence-electron chi connectivity index (χ4n) is 2.58. The summed E-state index contributed by atoms with van der Waals surface area (Å²) in [4.78, 5) is 0. The number of aryl methyl sites for hydroxylation is 2. The average Bonchev–Trinajstić information content (AvgIpc) is 2.98. The lowest BCUT2D eigenvalue weighted by molar-refractivity contribution is 0.458. The molecular formula is C18H25NO. The van der Waals surface area contributed by atoms with E-state index in [0.29, 0.717) is 6.04 Å². The molecule has 0 aliphatic rings. The number of hydrogen-bond donors (Lipinski definition) is 1. The number of hydrogen-bond acceptors (Lipinski definition) is 2. The molecule has 1 aromatic carbocycles. The molecule has 0 fully saturated rings. The smallest absolute Gasteiger partial charge is 0.103 e. The third kappa shape index (κ3) is 4.24. The highest BCUT2D eigenvalue weighted by molar-refractivity contribution is 5.25. The summed E-state index contributed by atoms with van der Waals surface area (Å²) in [6.45, 7) is 5.36. The zero-order chi connectivity index (χ0) is 14.2. The van der Waals surface area contributed by atoms with Crippen LogP contribution < -0.4 is 5.32 Å². The maximum absolute atomic E-state index is 5.42. The van der Waals surface area contributed by atoms with Gasteiger partial charge in [0.2, 0.25) is 0 Å². The van der Waals surface area contributed by atoms with E-state index in [-0.39, 0.29) is 0 Å². The van der Waals surface area contributed by atoms with Gasteiger partial charge in [0.15, 0.2) is 0 Å². The Morgan fingerprint density at radius 1 is 1.05 bits per heavy atom. The van der Waals surface area contributed by atoms with Crippen LogP contribution >= 0.6 is 0 Å². The first-order valence-corrected chi connectivity index (χ1v) is 7.68. The summed E-state index contributed by atoms with van der Waals surface area (Å²) in [6.07, 6.45) is 6.15. The monoisotopic (exact) mass is 271 g/mol. The Kier molecular flexibility index (Phi) is 5.87. The van der Waals surface area contributed by atoms with Gasteiger partial charge in [0.05, 0.1) is 6.26 Å². The second kappa shape index (κ2) is 7.91. The van der Waals surface area contributed by atoms with Gasteiger partial charge in [0.1, 0.15) is 5.76 Å². The number of furan rings is 1. The van der Waals surface area contributed by atoms with E-state index in [0.717, 1.165) is 25.1 Å². The van der Waals surface area contributed by atoms with E-state index in [2.05, 4.69) is 43.4 Å². The van der Waals surface area contributed by atoms with Gasteiger partial charge >= 0.3 is 0 Å². The van der Waals surface area contributed by atoms with Gasteiger partial charge in [0, 0.05) is 12.5 Å². The molecule has 2 heteroatoms. The van der Waals surface area contributed by atoms with Gasteiger partial charge in [-0.15, -0.1) is 0 Å². The third-order valence-electron chi connectivity index (χ3n) is 3.63. The summed E-state index contributed by atoms with van der Waals surface area (Å²) in [5.41, 5.74) is 2.80. The van der Waals surface area contributed by atoms with Crippen LogP contribution in [0.25, 0.3) is 0 Å². The number of benzene rings is 1. The summed E-state index contributed by atoms with van der Waals surface area (Å²) in [5.74, 6) is 1.07. The molecule has 0 amide bonds. The van der Waals surface area contributed by atoms with E-state index < -0.39 is 0 Å². The zero-order valence-corrected chi connectivity index (χ0v) is 12.6. The van der Waals surface area contributed by atoms with Gasteiger partial charge in [-0.3, -0.25) is 0 Å². The quantitative estimate of drug-likeness (QED) is 0.764. The summed E-state index contributed by atoms with van der Waals surface area (Å²) in [7, 11) is 0. The van der Waals surface area contributed by atoms with Crippen molar-refractivity contribution in [3.05, 3.63) is 59.5 Å². The Morgan fingerprint density at radius 3 is 2.45 bits per heavy atom. The molecule has 0 saturated heterocycles. The summed E-state index contributed by atoms with van der Waals surface area (Å²) in [5, 5.41) is 3.57. The molecule has 1 atom stereocenters. The highest BCUT2D eigenvalue weighted by atomic mass is 16.3. The van der Waals surface area contributed by atoms with Gasteiger partial charge in [-0.1, -0.05) is 44.5 Å². The Morgan fingerprint density at radius 2 is 1.85 bits per heavy atom. The lowest BCUT2D eigenvalue weighted by atomic mass is 9.99. The van der Waals surface area contributed by atoms with Crippen LogP contribution in [-0.4, -0.2) is 6.54 Å². The standard InChI is InChI=1S/C18H25NO/c1-3-6-15-8-10-16(11-9-15)18(19-4-2)13-12-17-7-5-14-20-17/h5,7-11,14,18-19H,3-4,6,12-13H2,1-2H3. The van der Waals surface area contributed by atoms with Crippen molar-refractivity contribution in [1.82, 2.24) is 5.32 Å². The lowest BCUT2D eigenvalue weighted by Crippen LogP contribution is -2.21. The van der Waals surface area contributed by atoms with Crippen LogP contribution in [0.15, 0.2) is 47.1 Å². The second-order valence-electron chi connectivity index (χ2n) is 5.22. The minimum absolute atomic E-state index is 0.403. The van der Waals surface area contributed by atoms with Gasteiger partial charge in [-0.25, -0.2) is 0 Å². The van der Waals surface area contributed by atoms with E-state index in [1.54, 1.807) is 6.26 Å². The van der Waals surface area contributed by atoms with Crippen molar-refractivity contribution in [2.24, 2.45) is 0 Å². The zero-order valence-electron chi connectivity index (χ0n) is 12.6. The van der Waals surface area contributed by atoms with Crippen LogP contribution in [0.4, 0.5) is 0 Å². The van der Waals surface area contributed by atoms with Crippen molar-refractivity contribution in [2.75, 3.05) is 6.54 Å². The van der Waals surface area contributed by atoms with Crippen LogP contribution in [0, 0.1) is 0 Å². The first-order valence-electron chi connectivity index (χ1n) is 7.68. The lowest BCUT2D eigenvalue weighted by Gasteiger charge is -2.18. The van der Waals surface area contributed by atoms with Gasteiger partial charge in [-0.2, -0.15) is 0 Å². The van der Waals surface area contributed by atoms with Crippen LogP contribution in [-0.2, 0) is 12.8 Å². The molecule has 0 saturated carbocycles. The van der Waals surface area contributed by atoms with E-state index >= 15 is 0 Å². The van der Waals surface area contributed by atoms with E-state index in [4.69, 9.17) is 4.42 Å². The maximum Gasteiger partial charge on any atom is 0.103 e. The Labute approximate surface area is 122 Å². The molecule has 0 spiro atoms. The molecule has 1 aromatic heterocycles. The van der Waals surface area contributed by atoms with Gasteiger partial charge in [-0.05, 0) is 42.6 Å². The van der Waals surface area contributed by atoms with E-state index in [1.807, 2.05) is 12.1 Å². The van der Waals surface area contributed by atoms with Crippen molar-refractivity contribution >= 4 is 0 Å². The summed E-state index contributed by atoms with van der Waals surface area (Å²) in [6, 6.07) is 13.5. The molecular weight excluding hydrogens is 246 g/mol. The van der Waals surface area contributed by atoms with E-state index in [1.165, 1.54) is 24.0 Å². The first kappa shape index (κ1) is 14.9. The predicted octanol–water partition coefficient (Wildman–Crippen LogP) is 4.52. The molecule has 0 aliphatic heterocycles.